The van der Waals surface area contributed by atoms with E-state index in [4.69, 9.17) is 0 Å². The topological polar surface area (TPSA) is 79.3 Å². The molecule has 3 rings (SSSR count). The average Bonchev–Trinajstić information content (AvgIpc) is 3.06. The van der Waals surface area contributed by atoms with Crippen molar-refractivity contribution in [3.8, 4) is 0 Å². The van der Waals surface area contributed by atoms with Crippen molar-refractivity contribution in [2.24, 2.45) is 5.92 Å². The van der Waals surface area contributed by atoms with Crippen LogP contribution >= 0.6 is 11.3 Å². The van der Waals surface area contributed by atoms with Crippen molar-refractivity contribution in [3.05, 3.63) is 39.4 Å². The first-order valence-electron chi connectivity index (χ1n) is 9.10. The number of aryl methyl sites for hydroxylation is 2. The Labute approximate surface area is 163 Å². The van der Waals surface area contributed by atoms with Crippen molar-refractivity contribution < 1.29 is 9.59 Å². The van der Waals surface area contributed by atoms with Crippen LogP contribution in [0.15, 0.2) is 11.6 Å². The lowest BCUT2D eigenvalue weighted by molar-refractivity contribution is 0.0676. The SMILES string of the molecule is Cc1nc(C[C@H]2CCCN(C(=O)c3scnc3C)C2)cc(C(=O)N(C)C)n1. The zero-order chi connectivity index (χ0) is 19.6. The van der Waals surface area contributed by atoms with E-state index in [1.54, 1.807) is 32.6 Å². The van der Waals surface area contributed by atoms with Gasteiger partial charge in [-0.1, -0.05) is 0 Å². The van der Waals surface area contributed by atoms with Crippen LogP contribution in [0.5, 0.6) is 0 Å². The highest BCUT2D eigenvalue weighted by molar-refractivity contribution is 7.11. The second kappa shape index (κ2) is 8.12. The van der Waals surface area contributed by atoms with Gasteiger partial charge in [-0.25, -0.2) is 15.0 Å². The van der Waals surface area contributed by atoms with E-state index in [1.165, 1.54) is 16.2 Å². The third-order valence-corrected chi connectivity index (χ3v) is 5.68. The summed E-state index contributed by atoms with van der Waals surface area (Å²) in [5.74, 6) is 0.874. The Morgan fingerprint density at radius 1 is 1.30 bits per heavy atom. The van der Waals surface area contributed by atoms with Crippen LogP contribution in [0.4, 0.5) is 0 Å². The van der Waals surface area contributed by atoms with Crippen molar-refractivity contribution >= 4 is 23.2 Å². The number of amides is 2. The zero-order valence-corrected chi connectivity index (χ0v) is 17.0. The van der Waals surface area contributed by atoms with Crippen LogP contribution in [-0.2, 0) is 6.42 Å². The van der Waals surface area contributed by atoms with Gasteiger partial charge >= 0.3 is 0 Å². The summed E-state index contributed by atoms with van der Waals surface area (Å²) >= 11 is 1.40. The molecule has 0 bridgehead atoms. The number of hydrogen-bond donors (Lipinski definition) is 0. The Morgan fingerprint density at radius 3 is 2.74 bits per heavy atom. The molecule has 0 spiro atoms. The summed E-state index contributed by atoms with van der Waals surface area (Å²) in [5, 5.41) is 0. The van der Waals surface area contributed by atoms with E-state index in [2.05, 4.69) is 15.0 Å². The minimum absolute atomic E-state index is 0.0713. The van der Waals surface area contributed by atoms with E-state index in [0.717, 1.165) is 42.1 Å². The number of carbonyl (C=O) groups excluding carboxylic acids is 2. The van der Waals surface area contributed by atoms with Crippen LogP contribution in [0.3, 0.4) is 0 Å². The molecular weight excluding hydrogens is 362 g/mol. The number of likely N-dealkylation sites (tertiary alicyclic amines) is 1. The van der Waals surface area contributed by atoms with Crippen molar-refractivity contribution in [2.45, 2.75) is 33.1 Å². The van der Waals surface area contributed by atoms with Crippen molar-refractivity contribution in [2.75, 3.05) is 27.2 Å². The first-order chi connectivity index (χ1) is 12.8. The van der Waals surface area contributed by atoms with Gasteiger partial charge in [0.05, 0.1) is 11.2 Å². The summed E-state index contributed by atoms with van der Waals surface area (Å²) in [4.78, 5) is 42.1. The van der Waals surface area contributed by atoms with Gasteiger partial charge in [-0.15, -0.1) is 11.3 Å². The van der Waals surface area contributed by atoms with Gasteiger partial charge < -0.3 is 9.80 Å². The fraction of sp³-hybridized carbons (Fsp3) is 0.526. The molecular formula is C19H25N5O2S. The molecule has 3 heterocycles. The predicted octanol–water partition coefficient (Wildman–Crippen LogP) is 2.35. The summed E-state index contributed by atoms with van der Waals surface area (Å²) in [7, 11) is 3.43. The standard InChI is InChI=1S/C19H25N5O2S/c1-12-17(27-11-20-12)19(26)24-7-5-6-14(10-24)8-15-9-16(18(25)23(3)4)22-13(2)21-15/h9,11,14H,5-8,10H2,1-4H3/t14-/m1/s1. The van der Waals surface area contributed by atoms with Gasteiger partial charge in [0, 0.05) is 32.9 Å². The monoisotopic (exact) mass is 387 g/mol. The number of thiazole rings is 1. The number of hydrogen-bond acceptors (Lipinski definition) is 6. The molecule has 0 unspecified atom stereocenters. The Hall–Kier alpha value is -2.35. The van der Waals surface area contributed by atoms with E-state index in [0.29, 0.717) is 24.0 Å². The van der Waals surface area contributed by atoms with E-state index in [9.17, 15) is 9.59 Å². The molecule has 2 amide bonds. The smallest absolute Gasteiger partial charge is 0.272 e. The second-order valence-electron chi connectivity index (χ2n) is 7.22. The molecule has 0 radical (unpaired) electrons. The summed E-state index contributed by atoms with van der Waals surface area (Å²) in [5.41, 5.74) is 3.80. The summed E-state index contributed by atoms with van der Waals surface area (Å²) in [6, 6.07) is 1.78. The molecule has 144 valence electrons. The Kier molecular flexibility index (Phi) is 5.84. The lowest BCUT2D eigenvalue weighted by Gasteiger charge is -2.32. The summed E-state index contributed by atoms with van der Waals surface area (Å²) < 4.78 is 0. The van der Waals surface area contributed by atoms with Gasteiger partial charge in [-0.2, -0.15) is 0 Å². The second-order valence-corrected chi connectivity index (χ2v) is 8.08. The highest BCUT2D eigenvalue weighted by atomic mass is 32.1. The van der Waals surface area contributed by atoms with Crippen molar-refractivity contribution in [1.82, 2.24) is 24.8 Å². The first-order valence-corrected chi connectivity index (χ1v) is 9.98. The molecule has 1 atom stereocenters. The van der Waals surface area contributed by atoms with Crippen LogP contribution in [0.1, 0.15) is 50.2 Å². The molecule has 2 aromatic heterocycles. The molecule has 1 aliphatic heterocycles. The van der Waals surface area contributed by atoms with E-state index in [-0.39, 0.29) is 11.8 Å². The molecule has 2 aromatic rings. The van der Waals surface area contributed by atoms with Crippen LogP contribution < -0.4 is 0 Å². The predicted molar refractivity (Wildman–Crippen MR) is 104 cm³/mol. The lowest BCUT2D eigenvalue weighted by atomic mass is 9.93. The van der Waals surface area contributed by atoms with Crippen molar-refractivity contribution in [3.63, 3.8) is 0 Å². The van der Waals surface area contributed by atoms with Gasteiger partial charge in [0.25, 0.3) is 11.8 Å². The lowest BCUT2D eigenvalue weighted by Crippen LogP contribution is -2.40. The molecule has 1 aliphatic rings. The molecule has 0 saturated carbocycles. The van der Waals surface area contributed by atoms with Crippen molar-refractivity contribution in [1.29, 1.82) is 0 Å². The molecule has 8 heteroatoms. The summed E-state index contributed by atoms with van der Waals surface area (Å²) in [6.07, 6.45) is 2.76. The molecule has 7 nitrogen and oxygen atoms in total. The minimum atomic E-state index is -0.122. The number of aromatic nitrogens is 3. The fourth-order valence-corrected chi connectivity index (χ4v) is 4.20. The Balaban J connectivity index is 1.72. The number of nitrogens with zero attached hydrogens (tertiary/aromatic N) is 5. The van der Waals surface area contributed by atoms with Gasteiger partial charge in [0.1, 0.15) is 16.4 Å². The van der Waals surface area contributed by atoms with E-state index >= 15 is 0 Å². The third-order valence-electron chi connectivity index (χ3n) is 4.76. The van der Waals surface area contributed by atoms with E-state index in [1.807, 2.05) is 11.8 Å². The maximum absolute atomic E-state index is 12.8. The van der Waals surface area contributed by atoms with Crippen LogP contribution in [0, 0.1) is 19.8 Å². The minimum Gasteiger partial charge on any atom is -0.343 e. The van der Waals surface area contributed by atoms with Gasteiger partial charge in [-0.3, -0.25) is 9.59 Å². The average molecular weight is 388 g/mol. The van der Waals surface area contributed by atoms with Gasteiger partial charge in [0.2, 0.25) is 0 Å². The zero-order valence-electron chi connectivity index (χ0n) is 16.2. The molecule has 0 aromatic carbocycles. The van der Waals surface area contributed by atoms with Crippen LogP contribution in [0.2, 0.25) is 0 Å². The van der Waals surface area contributed by atoms with Gasteiger partial charge in [0.15, 0.2) is 0 Å². The normalized spacial score (nSPS) is 17.0. The Bertz CT molecular complexity index is 848. The maximum atomic E-state index is 12.8. The Morgan fingerprint density at radius 2 is 2.07 bits per heavy atom. The van der Waals surface area contributed by atoms with E-state index < -0.39 is 0 Å². The molecule has 1 saturated heterocycles. The first kappa shape index (κ1) is 19.4. The summed E-state index contributed by atoms with van der Waals surface area (Å²) in [6.45, 7) is 5.16. The van der Waals surface area contributed by atoms with Crippen LogP contribution in [-0.4, -0.2) is 63.8 Å². The fourth-order valence-electron chi connectivity index (χ4n) is 3.44. The van der Waals surface area contributed by atoms with Crippen LogP contribution in [0.25, 0.3) is 0 Å². The highest BCUT2D eigenvalue weighted by Crippen LogP contribution is 2.24. The molecule has 0 aliphatic carbocycles. The molecule has 0 N–H and O–H groups in total. The number of piperidine rings is 1. The molecule has 1 fully saturated rings. The maximum Gasteiger partial charge on any atom is 0.272 e. The largest absolute Gasteiger partial charge is 0.343 e. The number of carbonyl (C=O) groups is 2. The number of rotatable bonds is 4. The highest BCUT2D eigenvalue weighted by Gasteiger charge is 2.27. The molecule has 27 heavy (non-hydrogen) atoms. The third kappa shape index (κ3) is 4.50. The quantitative estimate of drug-likeness (QED) is 0.805. The van der Waals surface area contributed by atoms with Gasteiger partial charge in [-0.05, 0) is 45.1 Å².